The molecule has 4 atom stereocenters. The fourth-order valence-electron chi connectivity index (χ4n) is 6.53. The van der Waals surface area contributed by atoms with Crippen LogP contribution in [-0.4, -0.2) is 87.0 Å². The molecule has 2 aliphatic rings. The summed E-state index contributed by atoms with van der Waals surface area (Å²) in [6.45, 7) is 8.85. The summed E-state index contributed by atoms with van der Waals surface area (Å²) < 4.78 is 9.56. The maximum atomic E-state index is 13.5. The van der Waals surface area contributed by atoms with E-state index < -0.39 is 24.0 Å². The maximum Gasteiger partial charge on any atom is 0.407 e. The molecule has 3 N–H and O–H groups in total. The highest BCUT2D eigenvalue weighted by Gasteiger charge is 2.39. The fraction of sp³-hybridized carbons (Fsp3) is 0.514. The second-order valence-electron chi connectivity index (χ2n) is 13.4. The molecule has 51 heavy (non-hydrogen) atoms. The summed E-state index contributed by atoms with van der Waals surface area (Å²) in [7, 11) is 2.62. The first-order valence-electron chi connectivity index (χ1n) is 17.2. The minimum Gasteiger partial charge on any atom is -0.469 e. The van der Waals surface area contributed by atoms with Crippen molar-refractivity contribution in [2.45, 2.75) is 77.9 Å². The summed E-state index contributed by atoms with van der Waals surface area (Å²) in [5, 5.41) is 2.68. The summed E-state index contributed by atoms with van der Waals surface area (Å²) in [5.74, 6) is 12.1. The highest BCUT2D eigenvalue weighted by Crippen LogP contribution is 2.35. The molecule has 0 unspecified atom stereocenters. The SMILES string of the molecule is COC(=O)C[C@H](C(=O)N1CCC[C@H]1c1ncc(C#CC#Cc2ccc(-c3cnc([C@@H]4CCCN4C(=O)[C@@H](NC(=O)OC)C(C)C)[nH]3)s2)[nH]1)C(C)C. The topological polar surface area (TPSA) is 163 Å². The summed E-state index contributed by atoms with van der Waals surface area (Å²) in [6, 6.07) is 2.78. The normalized spacial score (nSPS) is 18.1. The first-order valence-corrected chi connectivity index (χ1v) is 18.1. The van der Waals surface area contributed by atoms with Crippen molar-refractivity contribution in [3.05, 3.63) is 46.7 Å². The molecule has 5 rings (SSSR count). The second kappa shape index (κ2) is 16.8. The first kappa shape index (κ1) is 37.2. The molecule has 14 heteroatoms. The van der Waals surface area contributed by atoms with Gasteiger partial charge < -0.3 is 34.6 Å². The average Bonchev–Trinajstić information content (AvgIpc) is 3.95. The van der Waals surface area contributed by atoms with Crippen LogP contribution in [0.1, 0.15) is 94.1 Å². The van der Waals surface area contributed by atoms with Crippen LogP contribution < -0.4 is 5.32 Å². The third kappa shape index (κ3) is 8.81. The molecule has 0 spiro atoms. The number of hydrogen-bond donors (Lipinski definition) is 3. The molecule has 270 valence electrons. The van der Waals surface area contributed by atoms with Crippen LogP contribution in [-0.2, 0) is 23.9 Å². The number of ether oxygens (including phenoxy) is 2. The van der Waals surface area contributed by atoms with Gasteiger partial charge in [-0.05, 0) is 73.3 Å². The molecule has 2 saturated heterocycles. The van der Waals surface area contributed by atoms with Crippen LogP contribution in [0.25, 0.3) is 10.6 Å². The first-order chi connectivity index (χ1) is 24.5. The minimum absolute atomic E-state index is 0.00663. The summed E-state index contributed by atoms with van der Waals surface area (Å²) in [6.07, 6.45) is 6.07. The number of hydrogen-bond acceptors (Lipinski definition) is 9. The second-order valence-corrected chi connectivity index (χ2v) is 14.5. The number of nitrogens with zero attached hydrogens (tertiary/aromatic N) is 4. The number of methoxy groups -OCH3 is 2. The van der Waals surface area contributed by atoms with Crippen molar-refractivity contribution in [1.82, 2.24) is 35.1 Å². The molecule has 2 aliphatic heterocycles. The minimum atomic E-state index is -0.694. The van der Waals surface area contributed by atoms with E-state index in [1.807, 2.05) is 44.7 Å². The molecule has 3 aromatic heterocycles. The van der Waals surface area contributed by atoms with E-state index in [-0.39, 0.29) is 42.2 Å². The zero-order valence-electron chi connectivity index (χ0n) is 29.9. The Labute approximate surface area is 302 Å². The number of rotatable bonds is 10. The number of amides is 3. The predicted molar refractivity (Wildman–Crippen MR) is 191 cm³/mol. The van der Waals surface area contributed by atoms with Crippen LogP contribution in [0, 0.1) is 41.4 Å². The molecule has 3 amide bonds. The van der Waals surface area contributed by atoms with Crippen LogP contribution in [0.2, 0.25) is 0 Å². The maximum absolute atomic E-state index is 13.5. The Morgan fingerprint density at radius 1 is 0.882 bits per heavy atom. The van der Waals surface area contributed by atoms with E-state index in [0.29, 0.717) is 30.4 Å². The van der Waals surface area contributed by atoms with E-state index in [2.05, 4.69) is 48.9 Å². The van der Waals surface area contributed by atoms with E-state index in [1.54, 1.807) is 17.3 Å². The van der Waals surface area contributed by atoms with Gasteiger partial charge in [0.25, 0.3) is 0 Å². The van der Waals surface area contributed by atoms with Gasteiger partial charge in [0.2, 0.25) is 11.8 Å². The van der Waals surface area contributed by atoms with Gasteiger partial charge >= 0.3 is 12.1 Å². The van der Waals surface area contributed by atoms with E-state index in [1.165, 1.54) is 25.6 Å². The van der Waals surface area contributed by atoms with Crippen molar-refractivity contribution in [2.75, 3.05) is 27.3 Å². The van der Waals surface area contributed by atoms with Gasteiger partial charge in [0, 0.05) is 13.1 Å². The Hall–Kier alpha value is -5.08. The number of imidazole rings is 2. The molecule has 0 saturated carbocycles. The van der Waals surface area contributed by atoms with Gasteiger partial charge in [-0.2, -0.15) is 0 Å². The van der Waals surface area contributed by atoms with Crippen LogP contribution in [0.15, 0.2) is 24.5 Å². The van der Waals surface area contributed by atoms with E-state index >= 15 is 0 Å². The van der Waals surface area contributed by atoms with Crippen LogP contribution >= 0.6 is 11.3 Å². The molecule has 0 aliphatic carbocycles. The lowest BCUT2D eigenvalue weighted by Crippen LogP contribution is -2.51. The highest BCUT2D eigenvalue weighted by atomic mass is 32.1. The van der Waals surface area contributed by atoms with Gasteiger partial charge in [0.1, 0.15) is 23.4 Å². The highest BCUT2D eigenvalue weighted by molar-refractivity contribution is 7.16. The van der Waals surface area contributed by atoms with Gasteiger partial charge in [-0.15, -0.1) is 11.3 Å². The van der Waals surface area contributed by atoms with Crippen molar-refractivity contribution in [2.24, 2.45) is 17.8 Å². The lowest BCUT2D eigenvalue weighted by Gasteiger charge is -2.30. The molecular formula is C37H45N7O6S. The summed E-state index contributed by atoms with van der Waals surface area (Å²) in [5.41, 5.74) is 1.43. The quantitative estimate of drug-likeness (QED) is 0.199. The molecule has 5 heterocycles. The molecule has 0 radical (unpaired) electrons. The van der Waals surface area contributed by atoms with Gasteiger partial charge in [-0.3, -0.25) is 14.4 Å². The van der Waals surface area contributed by atoms with Crippen LogP contribution in [0.5, 0.6) is 0 Å². The largest absolute Gasteiger partial charge is 0.469 e. The zero-order chi connectivity index (χ0) is 36.7. The molecular weight excluding hydrogens is 671 g/mol. The lowest BCUT2D eigenvalue weighted by atomic mass is 9.91. The number of alkyl carbamates (subject to hydrolysis) is 1. The molecule has 0 aromatic carbocycles. The number of carbonyl (C=O) groups is 4. The Morgan fingerprint density at radius 2 is 1.53 bits per heavy atom. The Balaban J connectivity index is 1.21. The lowest BCUT2D eigenvalue weighted by molar-refractivity contribution is -0.148. The number of likely N-dealkylation sites (tertiary alicyclic amines) is 2. The van der Waals surface area contributed by atoms with E-state index in [0.717, 1.165) is 41.1 Å². The van der Waals surface area contributed by atoms with Crippen LogP contribution in [0.4, 0.5) is 4.79 Å². The summed E-state index contributed by atoms with van der Waals surface area (Å²) >= 11 is 1.51. The fourth-order valence-corrected chi connectivity index (χ4v) is 7.36. The van der Waals surface area contributed by atoms with Crippen molar-refractivity contribution >= 4 is 35.2 Å². The van der Waals surface area contributed by atoms with Crippen molar-refractivity contribution in [1.29, 1.82) is 0 Å². The number of thiophene rings is 1. The third-order valence-electron chi connectivity index (χ3n) is 9.34. The van der Waals surface area contributed by atoms with Crippen LogP contribution in [0.3, 0.4) is 0 Å². The third-order valence-corrected chi connectivity index (χ3v) is 10.4. The predicted octanol–water partition coefficient (Wildman–Crippen LogP) is 4.81. The number of carbonyl (C=O) groups excluding carboxylic acids is 4. The molecule has 13 nitrogen and oxygen atoms in total. The Bertz CT molecular complexity index is 1850. The average molecular weight is 716 g/mol. The molecule has 3 aromatic rings. The number of aromatic nitrogens is 4. The smallest absolute Gasteiger partial charge is 0.407 e. The van der Waals surface area contributed by atoms with Crippen molar-refractivity contribution < 1.29 is 28.7 Å². The molecule has 2 fully saturated rings. The van der Waals surface area contributed by atoms with Gasteiger partial charge in [0.15, 0.2) is 0 Å². The Kier molecular flexibility index (Phi) is 12.2. The Morgan fingerprint density at radius 3 is 2.18 bits per heavy atom. The number of esters is 1. The van der Waals surface area contributed by atoms with Crippen molar-refractivity contribution in [3.8, 4) is 34.3 Å². The van der Waals surface area contributed by atoms with E-state index in [9.17, 15) is 19.2 Å². The number of nitrogens with one attached hydrogen (secondary N) is 3. The van der Waals surface area contributed by atoms with E-state index in [4.69, 9.17) is 9.47 Å². The van der Waals surface area contributed by atoms with Gasteiger partial charge in [-0.25, -0.2) is 14.8 Å². The zero-order valence-corrected chi connectivity index (χ0v) is 30.7. The van der Waals surface area contributed by atoms with Gasteiger partial charge in [-0.1, -0.05) is 27.7 Å². The summed E-state index contributed by atoms with van der Waals surface area (Å²) in [4.78, 5) is 71.9. The molecule has 0 bridgehead atoms. The number of H-pyrrole nitrogens is 2. The van der Waals surface area contributed by atoms with Crippen molar-refractivity contribution in [3.63, 3.8) is 0 Å². The number of aromatic amines is 2. The standard InChI is InChI=1S/C37H45N7O6S/c1-22(2)26(19-31(45)49-5)35(46)43-17-9-13-28(43)33-38-20-24(40-33)11-7-8-12-25-15-16-30(51-25)27-21-39-34(41-27)29-14-10-18-44(29)36(47)32(23(3)4)42-37(48)50-6/h15-16,20-23,26,28-29,32H,9-10,13-14,17-19H2,1-6H3,(H,38,40)(H,39,41)(H,42,48)/t26-,28-,29-,32-/m0/s1. The van der Waals surface area contributed by atoms with Gasteiger partial charge in [0.05, 0.1) is 66.5 Å². The monoisotopic (exact) mass is 715 g/mol.